The van der Waals surface area contributed by atoms with Gasteiger partial charge in [-0.05, 0) is 31.4 Å². The summed E-state index contributed by atoms with van der Waals surface area (Å²) in [6.07, 6.45) is 0.799. The van der Waals surface area contributed by atoms with Gasteiger partial charge < -0.3 is 0 Å². The molecule has 0 saturated carbocycles. The molecule has 0 aromatic heterocycles. The van der Waals surface area contributed by atoms with Crippen LogP contribution >= 0.6 is 0 Å². The first-order valence-electron chi connectivity index (χ1n) is 5.49. The predicted octanol–water partition coefficient (Wildman–Crippen LogP) is 2.21. The second kappa shape index (κ2) is 5.46. The van der Waals surface area contributed by atoms with Crippen LogP contribution < -0.4 is 4.72 Å². The van der Waals surface area contributed by atoms with E-state index in [-0.39, 0.29) is 11.8 Å². The number of aryl methyl sites for hydroxylation is 1. The second-order valence-electron chi connectivity index (χ2n) is 4.11. The minimum absolute atomic E-state index is 0.00554. The summed E-state index contributed by atoms with van der Waals surface area (Å²) >= 11 is 0. The molecular weight excluding hydrogens is 222 g/mol. The highest BCUT2D eigenvalue weighted by Crippen LogP contribution is 2.11. The monoisotopic (exact) mass is 241 g/mol. The van der Waals surface area contributed by atoms with E-state index < -0.39 is 10.0 Å². The van der Waals surface area contributed by atoms with Crippen molar-refractivity contribution in [1.82, 2.24) is 4.72 Å². The second-order valence-corrected chi connectivity index (χ2v) is 5.87. The van der Waals surface area contributed by atoms with Crippen LogP contribution in [0.5, 0.6) is 0 Å². The molecule has 0 saturated heterocycles. The fourth-order valence-corrected chi connectivity index (χ4v) is 3.00. The third kappa shape index (κ3) is 3.94. The number of hydrogen-bond acceptors (Lipinski definition) is 2. The van der Waals surface area contributed by atoms with Crippen LogP contribution in [-0.4, -0.2) is 14.5 Å². The SMILES string of the molecule is CCC(C)NS(=O)(=O)Cc1ccccc1C. The Bertz CT molecular complexity index is 440. The molecule has 16 heavy (non-hydrogen) atoms. The molecule has 0 heterocycles. The van der Waals surface area contributed by atoms with E-state index in [1.54, 1.807) is 0 Å². The van der Waals surface area contributed by atoms with E-state index in [0.29, 0.717) is 0 Å². The van der Waals surface area contributed by atoms with Gasteiger partial charge in [-0.2, -0.15) is 0 Å². The molecular formula is C12H19NO2S. The zero-order valence-corrected chi connectivity index (χ0v) is 10.8. The molecule has 1 N–H and O–H groups in total. The van der Waals surface area contributed by atoms with Gasteiger partial charge in [0.15, 0.2) is 0 Å². The van der Waals surface area contributed by atoms with E-state index in [1.165, 1.54) is 0 Å². The van der Waals surface area contributed by atoms with Gasteiger partial charge in [-0.1, -0.05) is 31.2 Å². The summed E-state index contributed by atoms with van der Waals surface area (Å²) in [5, 5.41) is 0. The first-order chi connectivity index (χ1) is 7.44. The van der Waals surface area contributed by atoms with Crippen LogP contribution in [0.25, 0.3) is 0 Å². The van der Waals surface area contributed by atoms with Crippen LogP contribution in [0.3, 0.4) is 0 Å². The number of sulfonamides is 1. The molecule has 1 aromatic carbocycles. The molecule has 90 valence electrons. The third-order valence-corrected chi connectivity index (χ3v) is 4.05. The normalized spacial score (nSPS) is 13.7. The summed E-state index contributed by atoms with van der Waals surface area (Å²) in [4.78, 5) is 0. The van der Waals surface area contributed by atoms with Crippen LogP contribution in [-0.2, 0) is 15.8 Å². The van der Waals surface area contributed by atoms with Crippen molar-refractivity contribution in [2.75, 3.05) is 0 Å². The van der Waals surface area contributed by atoms with E-state index in [2.05, 4.69) is 4.72 Å². The lowest BCUT2D eigenvalue weighted by Gasteiger charge is -2.12. The number of hydrogen-bond donors (Lipinski definition) is 1. The molecule has 0 aliphatic rings. The molecule has 0 fully saturated rings. The van der Waals surface area contributed by atoms with Crippen molar-refractivity contribution in [2.24, 2.45) is 0 Å². The third-order valence-electron chi connectivity index (χ3n) is 2.60. The Kier molecular flexibility index (Phi) is 4.50. The summed E-state index contributed by atoms with van der Waals surface area (Å²) in [6, 6.07) is 7.54. The number of rotatable bonds is 5. The van der Waals surface area contributed by atoms with Crippen molar-refractivity contribution in [3.63, 3.8) is 0 Å². The molecule has 0 spiro atoms. The molecule has 0 radical (unpaired) electrons. The largest absolute Gasteiger partial charge is 0.216 e. The zero-order valence-electron chi connectivity index (χ0n) is 10.0. The lowest BCUT2D eigenvalue weighted by molar-refractivity contribution is 0.555. The summed E-state index contributed by atoms with van der Waals surface area (Å²) in [5.74, 6) is 0.0595. The standard InChI is InChI=1S/C12H19NO2S/c1-4-11(3)13-16(14,15)9-12-8-6-5-7-10(12)2/h5-8,11,13H,4,9H2,1-3H3. The molecule has 1 atom stereocenters. The average molecular weight is 241 g/mol. The fraction of sp³-hybridized carbons (Fsp3) is 0.500. The van der Waals surface area contributed by atoms with Gasteiger partial charge in [0.2, 0.25) is 10.0 Å². The van der Waals surface area contributed by atoms with Crippen LogP contribution in [0, 0.1) is 6.92 Å². The molecule has 0 amide bonds. The first-order valence-corrected chi connectivity index (χ1v) is 7.14. The molecule has 4 heteroatoms. The van der Waals surface area contributed by atoms with Gasteiger partial charge in [0.25, 0.3) is 0 Å². The minimum Gasteiger partial charge on any atom is -0.212 e. The molecule has 0 aliphatic carbocycles. The van der Waals surface area contributed by atoms with Crippen molar-refractivity contribution in [3.8, 4) is 0 Å². The van der Waals surface area contributed by atoms with Crippen LogP contribution in [0.2, 0.25) is 0 Å². The Morgan fingerprint density at radius 2 is 1.94 bits per heavy atom. The lowest BCUT2D eigenvalue weighted by atomic mass is 10.1. The van der Waals surface area contributed by atoms with E-state index in [9.17, 15) is 8.42 Å². The van der Waals surface area contributed by atoms with Crippen molar-refractivity contribution < 1.29 is 8.42 Å². The molecule has 1 aromatic rings. The Balaban J connectivity index is 2.77. The Hall–Kier alpha value is -0.870. The maximum atomic E-state index is 11.8. The summed E-state index contributed by atoms with van der Waals surface area (Å²) in [5.41, 5.74) is 1.87. The fourth-order valence-electron chi connectivity index (χ4n) is 1.41. The smallest absolute Gasteiger partial charge is 0.212 e. The highest BCUT2D eigenvalue weighted by atomic mass is 32.2. The maximum absolute atomic E-state index is 11.8. The molecule has 1 unspecified atom stereocenters. The predicted molar refractivity (Wildman–Crippen MR) is 66.7 cm³/mol. The molecule has 3 nitrogen and oxygen atoms in total. The highest BCUT2D eigenvalue weighted by molar-refractivity contribution is 7.88. The van der Waals surface area contributed by atoms with Crippen molar-refractivity contribution >= 4 is 10.0 Å². The number of benzene rings is 1. The molecule has 1 rings (SSSR count). The first kappa shape index (κ1) is 13.2. The Morgan fingerprint density at radius 1 is 1.31 bits per heavy atom. The van der Waals surface area contributed by atoms with Crippen LogP contribution in [0.15, 0.2) is 24.3 Å². The summed E-state index contributed by atoms with van der Waals surface area (Å²) in [7, 11) is -3.22. The van der Waals surface area contributed by atoms with Gasteiger partial charge in [0, 0.05) is 6.04 Å². The average Bonchev–Trinajstić information content (AvgIpc) is 2.20. The quantitative estimate of drug-likeness (QED) is 0.859. The van der Waals surface area contributed by atoms with Gasteiger partial charge in [-0.15, -0.1) is 0 Å². The Morgan fingerprint density at radius 3 is 2.50 bits per heavy atom. The summed E-state index contributed by atoms with van der Waals surface area (Å²) < 4.78 is 26.3. The van der Waals surface area contributed by atoms with Gasteiger partial charge >= 0.3 is 0 Å². The van der Waals surface area contributed by atoms with Gasteiger partial charge in [-0.3, -0.25) is 0 Å². The van der Waals surface area contributed by atoms with E-state index in [0.717, 1.165) is 17.5 Å². The van der Waals surface area contributed by atoms with Crippen molar-refractivity contribution in [2.45, 2.75) is 39.0 Å². The molecule has 0 aliphatic heterocycles. The number of nitrogens with one attached hydrogen (secondary N) is 1. The molecule has 0 bridgehead atoms. The van der Waals surface area contributed by atoms with E-state index in [1.807, 2.05) is 45.0 Å². The van der Waals surface area contributed by atoms with E-state index in [4.69, 9.17) is 0 Å². The van der Waals surface area contributed by atoms with Gasteiger partial charge in [0.05, 0.1) is 5.75 Å². The maximum Gasteiger partial charge on any atom is 0.216 e. The van der Waals surface area contributed by atoms with Gasteiger partial charge in [-0.25, -0.2) is 13.1 Å². The lowest BCUT2D eigenvalue weighted by Crippen LogP contribution is -2.33. The zero-order chi connectivity index (χ0) is 12.2. The van der Waals surface area contributed by atoms with Crippen molar-refractivity contribution in [3.05, 3.63) is 35.4 Å². The minimum atomic E-state index is -3.22. The van der Waals surface area contributed by atoms with Crippen LogP contribution in [0.1, 0.15) is 31.4 Å². The Labute approximate surface area is 97.9 Å². The topological polar surface area (TPSA) is 46.2 Å². The van der Waals surface area contributed by atoms with E-state index >= 15 is 0 Å². The van der Waals surface area contributed by atoms with Crippen LogP contribution in [0.4, 0.5) is 0 Å². The summed E-state index contributed by atoms with van der Waals surface area (Å²) in [6.45, 7) is 5.75. The van der Waals surface area contributed by atoms with Gasteiger partial charge in [0.1, 0.15) is 0 Å². The van der Waals surface area contributed by atoms with Crippen molar-refractivity contribution in [1.29, 1.82) is 0 Å². The highest BCUT2D eigenvalue weighted by Gasteiger charge is 2.14.